The Morgan fingerprint density at radius 3 is 2.36 bits per heavy atom. The summed E-state index contributed by atoms with van der Waals surface area (Å²) in [7, 11) is -4.84. The Balaban J connectivity index is 3.87. The van der Waals surface area contributed by atoms with Crippen LogP contribution in [-0.2, 0) is 9.09 Å². The number of phosphoric acid groups is 1. The van der Waals surface area contributed by atoms with Gasteiger partial charge in [0.2, 0.25) is 0 Å². The third kappa shape index (κ3) is 6.25. The zero-order valence-electron chi connectivity index (χ0n) is 5.70. The molecule has 0 amide bonds. The smallest absolute Gasteiger partial charge is 0.0732 e. The van der Waals surface area contributed by atoms with E-state index in [1.54, 1.807) is 0 Å². The van der Waals surface area contributed by atoms with Gasteiger partial charge in [-0.25, -0.2) is 0 Å². The molecule has 0 aliphatic rings. The van der Waals surface area contributed by atoms with E-state index in [4.69, 9.17) is 0 Å². The van der Waals surface area contributed by atoms with Crippen LogP contribution < -0.4 is 9.79 Å². The Labute approximate surface area is 81.8 Å². The molecule has 0 saturated heterocycles. The number of rotatable bonds is 4. The van der Waals surface area contributed by atoms with E-state index in [2.05, 4.69) is 36.4 Å². The van der Waals surface area contributed by atoms with Crippen molar-refractivity contribution in [2.24, 2.45) is 0 Å². The van der Waals surface area contributed by atoms with Gasteiger partial charge in [-0.05, 0) is 6.92 Å². The fourth-order valence-corrected chi connectivity index (χ4v) is 1.75. The molecule has 0 aromatic rings. The number of halogens is 2. The molecule has 0 fully saturated rings. The van der Waals surface area contributed by atoms with Crippen molar-refractivity contribution in [3.8, 4) is 0 Å². The van der Waals surface area contributed by atoms with Gasteiger partial charge in [-0.1, -0.05) is 31.9 Å². The number of hydrogen-bond acceptors (Lipinski definition) is 4. The topological polar surface area (TPSA) is 72.4 Å². The molecule has 0 radical (unpaired) electrons. The minimum absolute atomic E-state index is 0.182. The molecule has 0 bridgehead atoms. The highest BCUT2D eigenvalue weighted by Gasteiger charge is 2.13. The van der Waals surface area contributed by atoms with Gasteiger partial charge in [0.05, 0.1) is 18.8 Å². The van der Waals surface area contributed by atoms with Crippen LogP contribution in [0.25, 0.3) is 0 Å². The molecule has 2 atom stereocenters. The van der Waals surface area contributed by atoms with Gasteiger partial charge in [0.25, 0.3) is 0 Å². The van der Waals surface area contributed by atoms with Gasteiger partial charge in [0, 0.05) is 5.33 Å². The Morgan fingerprint density at radius 1 is 1.64 bits per heavy atom. The maximum Gasteiger partial charge on any atom is 0.0732 e. The van der Waals surface area contributed by atoms with Gasteiger partial charge >= 0.3 is 0 Å². The lowest BCUT2D eigenvalue weighted by Crippen LogP contribution is -2.27. The second kappa shape index (κ2) is 4.94. The number of phosphoric ester groups is 1. The van der Waals surface area contributed by atoms with Gasteiger partial charge in [0.15, 0.2) is 0 Å². The molecule has 0 aliphatic carbocycles. The molecule has 4 nitrogen and oxygen atoms in total. The molecule has 11 heavy (non-hydrogen) atoms. The molecule has 7 heteroatoms. The minimum Gasteiger partial charge on any atom is -0.790 e. The highest BCUT2D eigenvalue weighted by atomic mass is 79.9. The normalized spacial score (nSPS) is 17.9. The summed E-state index contributed by atoms with van der Waals surface area (Å²) < 4.78 is 14.2. The third-order valence-corrected chi connectivity index (χ3v) is 4.18. The zero-order chi connectivity index (χ0) is 9.07. The average Bonchev–Trinajstić information content (AvgIpc) is 1.82. The lowest BCUT2D eigenvalue weighted by atomic mass is 10.3. The standard InChI is InChI=1S/C4H9Br2O4P/c1-3(4(6)2-5)10-11(7,8)9/h3-4H,2H2,1H3,(H2,7,8,9)/p-2. The van der Waals surface area contributed by atoms with E-state index >= 15 is 0 Å². The lowest BCUT2D eigenvalue weighted by Gasteiger charge is -2.33. The van der Waals surface area contributed by atoms with Crippen molar-refractivity contribution in [1.82, 2.24) is 0 Å². The van der Waals surface area contributed by atoms with Gasteiger partial charge < -0.3 is 18.9 Å². The van der Waals surface area contributed by atoms with Gasteiger partial charge in [-0.3, -0.25) is 0 Å². The average molecular weight is 310 g/mol. The Hall–Kier alpha value is 1.07. The third-order valence-electron chi connectivity index (χ3n) is 0.952. The summed E-state index contributed by atoms with van der Waals surface area (Å²) in [5.74, 6) is 0. The highest BCUT2D eigenvalue weighted by Crippen LogP contribution is 2.30. The number of alkyl halides is 2. The Kier molecular flexibility index (Phi) is 5.42. The molecular formula is C4H7Br2O4P-2. The molecular weight excluding hydrogens is 303 g/mol. The number of hydrogen-bond donors (Lipinski definition) is 0. The van der Waals surface area contributed by atoms with E-state index in [0.29, 0.717) is 5.33 Å². The Morgan fingerprint density at radius 2 is 2.09 bits per heavy atom. The first-order valence-electron chi connectivity index (χ1n) is 2.77. The van der Waals surface area contributed by atoms with Crippen LogP contribution in [-0.4, -0.2) is 16.3 Å². The molecule has 0 aromatic heterocycles. The monoisotopic (exact) mass is 308 g/mol. The predicted molar refractivity (Wildman–Crippen MR) is 44.7 cm³/mol. The van der Waals surface area contributed by atoms with E-state index in [-0.39, 0.29) is 4.83 Å². The quantitative estimate of drug-likeness (QED) is 0.556. The summed E-state index contributed by atoms with van der Waals surface area (Å²) in [5, 5.41) is 0.522. The zero-order valence-corrected chi connectivity index (χ0v) is 9.76. The van der Waals surface area contributed by atoms with E-state index in [1.165, 1.54) is 6.92 Å². The summed E-state index contributed by atoms with van der Waals surface area (Å²) in [4.78, 5) is 20.0. The lowest BCUT2D eigenvalue weighted by molar-refractivity contribution is -0.344. The van der Waals surface area contributed by atoms with Crippen molar-refractivity contribution in [2.45, 2.75) is 17.9 Å². The molecule has 0 saturated carbocycles. The van der Waals surface area contributed by atoms with Crippen molar-refractivity contribution < 1.29 is 18.9 Å². The van der Waals surface area contributed by atoms with Crippen molar-refractivity contribution >= 4 is 39.7 Å². The van der Waals surface area contributed by atoms with Crippen LogP contribution in [0.2, 0.25) is 0 Å². The van der Waals surface area contributed by atoms with E-state index in [0.717, 1.165) is 0 Å². The molecule has 0 spiro atoms. The largest absolute Gasteiger partial charge is 0.790 e. The van der Waals surface area contributed by atoms with E-state index in [9.17, 15) is 14.4 Å². The summed E-state index contributed by atoms with van der Waals surface area (Å²) >= 11 is 6.23. The van der Waals surface area contributed by atoms with Crippen LogP contribution in [0.5, 0.6) is 0 Å². The molecule has 68 valence electrons. The summed E-state index contributed by atoms with van der Waals surface area (Å²) in [5.41, 5.74) is 0. The SMILES string of the molecule is CC(OP(=O)([O-])[O-])C(Br)CBr. The maximum atomic E-state index is 10.1. The summed E-state index contributed by atoms with van der Waals surface area (Å²) in [6.07, 6.45) is -0.643. The van der Waals surface area contributed by atoms with Crippen LogP contribution in [0.3, 0.4) is 0 Å². The second-order valence-corrected chi connectivity index (χ2v) is 4.86. The minimum atomic E-state index is -4.84. The van der Waals surface area contributed by atoms with Crippen molar-refractivity contribution in [3.63, 3.8) is 0 Å². The molecule has 0 aliphatic heterocycles. The maximum absolute atomic E-state index is 10.1. The predicted octanol–water partition coefficient (Wildman–Crippen LogP) is 0.379. The van der Waals surface area contributed by atoms with Gasteiger partial charge in [0.1, 0.15) is 0 Å². The van der Waals surface area contributed by atoms with Crippen LogP contribution in [0.4, 0.5) is 0 Å². The van der Waals surface area contributed by atoms with Crippen LogP contribution >= 0.6 is 39.7 Å². The van der Waals surface area contributed by atoms with Crippen LogP contribution in [0, 0.1) is 0 Å². The van der Waals surface area contributed by atoms with Crippen molar-refractivity contribution in [3.05, 3.63) is 0 Å². The fraction of sp³-hybridized carbons (Fsp3) is 1.00. The van der Waals surface area contributed by atoms with Crippen LogP contribution in [0.15, 0.2) is 0 Å². The molecule has 2 unspecified atom stereocenters. The molecule has 0 heterocycles. The van der Waals surface area contributed by atoms with Crippen molar-refractivity contribution in [2.75, 3.05) is 5.33 Å². The second-order valence-electron chi connectivity index (χ2n) is 1.93. The van der Waals surface area contributed by atoms with Crippen LogP contribution in [0.1, 0.15) is 6.92 Å². The van der Waals surface area contributed by atoms with E-state index in [1.807, 2.05) is 0 Å². The summed E-state index contributed by atoms with van der Waals surface area (Å²) in [6.45, 7) is 1.50. The molecule has 0 aromatic carbocycles. The first-order chi connectivity index (χ1) is 4.87. The van der Waals surface area contributed by atoms with E-state index < -0.39 is 13.9 Å². The van der Waals surface area contributed by atoms with Gasteiger partial charge in [-0.2, -0.15) is 0 Å². The summed E-state index contributed by atoms with van der Waals surface area (Å²) in [6, 6.07) is 0. The first kappa shape index (κ1) is 12.1. The van der Waals surface area contributed by atoms with Crippen molar-refractivity contribution in [1.29, 1.82) is 0 Å². The molecule has 0 N–H and O–H groups in total. The first-order valence-corrected chi connectivity index (χ1v) is 6.27. The Bertz CT molecular complexity index is 158. The highest BCUT2D eigenvalue weighted by molar-refractivity contribution is 9.12. The van der Waals surface area contributed by atoms with Gasteiger partial charge in [-0.15, -0.1) is 0 Å². The molecule has 0 rings (SSSR count). The fourth-order valence-electron chi connectivity index (χ4n) is 0.395.